The first-order valence-electron chi connectivity index (χ1n) is 11.7. The molecular weight excluding hydrogens is 384 g/mol. The second-order valence-electron chi connectivity index (χ2n) is 8.74. The van der Waals surface area contributed by atoms with E-state index in [-0.39, 0.29) is 0 Å². The van der Waals surface area contributed by atoms with Crippen LogP contribution < -0.4 is 11.1 Å². The summed E-state index contributed by atoms with van der Waals surface area (Å²) in [6, 6.07) is 12.6. The van der Waals surface area contributed by atoms with Crippen LogP contribution in [0, 0.1) is 5.92 Å². The van der Waals surface area contributed by atoms with Crippen molar-refractivity contribution < 1.29 is 0 Å². The van der Waals surface area contributed by atoms with Crippen molar-refractivity contribution in [3.8, 4) is 0 Å². The molecule has 3 N–H and O–H groups in total. The molecule has 3 aromatic rings. The lowest BCUT2D eigenvalue weighted by Gasteiger charge is -2.32. The van der Waals surface area contributed by atoms with Crippen LogP contribution in [0.5, 0.6) is 0 Å². The number of aryl methyl sites for hydroxylation is 2. The van der Waals surface area contributed by atoms with E-state index in [9.17, 15) is 0 Å². The minimum Gasteiger partial charge on any atom is -0.327 e. The van der Waals surface area contributed by atoms with Gasteiger partial charge < -0.3 is 15.6 Å². The van der Waals surface area contributed by atoms with Crippen LogP contribution in [0.4, 0.5) is 0 Å². The van der Waals surface area contributed by atoms with Crippen molar-refractivity contribution in [3.63, 3.8) is 0 Å². The number of likely N-dealkylation sites (tertiary alicyclic amines) is 1. The van der Waals surface area contributed by atoms with Gasteiger partial charge in [-0.2, -0.15) is 0 Å². The third-order valence-corrected chi connectivity index (χ3v) is 6.46. The van der Waals surface area contributed by atoms with Crippen molar-refractivity contribution in [2.24, 2.45) is 11.7 Å². The number of aromatic nitrogens is 3. The van der Waals surface area contributed by atoms with Gasteiger partial charge in [0.2, 0.25) is 0 Å². The minimum absolute atomic E-state index is 0.663. The average Bonchev–Trinajstić information content (AvgIpc) is 3.17. The number of para-hydroxylation sites is 2. The van der Waals surface area contributed by atoms with Gasteiger partial charge in [0.05, 0.1) is 17.6 Å². The zero-order chi connectivity index (χ0) is 21.5. The van der Waals surface area contributed by atoms with E-state index in [0.717, 1.165) is 37.5 Å². The van der Waals surface area contributed by atoms with Gasteiger partial charge in [0, 0.05) is 31.6 Å². The fourth-order valence-corrected chi connectivity index (χ4v) is 4.88. The number of benzene rings is 1. The molecule has 1 aliphatic heterocycles. The standard InChI is InChI=1S/C16H25N5.C9H11N/c1-18-9-16-19-14-6-2-3-7-15(14)21(16)11-13-5-4-8-20(10-13)12-17;1-2-6-9-8(4-1)5-3-7-10-9/h2-3,6-7,13,18H,4-5,8-12,17H2,1H3;3,5,7H,1-2,4,6H2. The number of rotatable bonds is 5. The second-order valence-corrected chi connectivity index (χ2v) is 8.74. The molecule has 0 radical (unpaired) electrons. The molecule has 31 heavy (non-hydrogen) atoms. The number of hydrogen-bond donors (Lipinski definition) is 2. The Morgan fingerprint density at radius 2 is 1.97 bits per heavy atom. The van der Waals surface area contributed by atoms with Crippen LogP contribution in [0.2, 0.25) is 0 Å². The van der Waals surface area contributed by atoms with Crippen LogP contribution >= 0.6 is 0 Å². The highest BCUT2D eigenvalue weighted by Gasteiger charge is 2.21. The van der Waals surface area contributed by atoms with Gasteiger partial charge in [-0.1, -0.05) is 18.2 Å². The Balaban J connectivity index is 0.000000192. The van der Waals surface area contributed by atoms with Gasteiger partial charge in [0.15, 0.2) is 0 Å². The predicted octanol–water partition coefficient (Wildman–Crippen LogP) is 3.34. The largest absolute Gasteiger partial charge is 0.327 e. The fraction of sp³-hybridized carbons (Fsp3) is 0.520. The SMILES string of the molecule is CNCc1nc2ccccc2n1CC1CCCN(CN)C1.c1cnc2c(c1)CCCC2. The summed E-state index contributed by atoms with van der Waals surface area (Å²) in [5.41, 5.74) is 10.9. The Morgan fingerprint density at radius 1 is 1.10 bits per heavy atom. The number of piperidine rings is 1. The molecule has 1 aromatic carbocycles. The zero-order valence-corrected chi connectivity index (χ0v) is 18.8. The van der Waals surface area contributed by atoms with E-state index < -0.39 is 0 Å². The molecule has 2 aliphatic rings. The summed E-state index contributed by atoms with van der Waals surface area (Å²) in [7, 11) is 1.97. The summed E-state index contributed by atoms with van der Waals surface area (Å²) >= 11 is 0. The number of imidazole rings is 1. The molecular formula is C25H36N6. The summed E-state index contributed by atoms with van der Waals surface area (Å²) in [6.07, 6.45) is 9.52. The van der Waals surface area contributed by atoms with Gasteiger partial charge in [-0.15, -0.1) is 0 Å². The van der Waals surface area contributed by atoms with E-state index in [4.69, 9.17) is 10.7 Å². The molecule has 0 amide bonds. The molecule has 1 aliphatic carbocycles. The molecule has 6 heteroatoms. The van der Waals surface area contributed by atoms with Crippen LogP contribution in [0.15, 0.2) is 42.6 Å². The van der Waals surface area contributed by atoms with Gasteiger partial charge in [-0.25, -0.2) is 4.98 Å². The van der Waals surface area contributed by atoms with Crippen LogP contribution in [-0.4, -0.2) is 46.2 Å². The number of nitrogens with two attached hydrogens (primary N) is 1. The first-order valence-corrected chi connectivity index (χ1v) is 11.7. The third-order valence-electron chi connectivity index (χ3n) is 6.46. The molecule has 1 atom stereocenters. The van der Waals surface area contributed by atoms with E-state index in [0.29, 0.717) is 12.6 Å². The van der Waals surface area contributed by atoms with Crippen molar-refractivity contribution in [1.82, 2.24) is 24.8 Å². The summed E-state index contributed by atoms with van der Waals surface area (Å²) in [4.78, 5) is 11.4. The molecule has 5 rings (SSSR count). The lowest BCUT2D eigenvalue weighted by atomic mass is 9.96. The quantitative estimate of drug-likeness (QED) is 0.662. The maximum atomic E-state index is 5.80. The van der Waals surface area contributed by atoms with Crippen LogP contribution in [0.25, 0.3) is 11.0 Å². The Labute approximate surface area is 185 Å². The average molecular weight is 421 g/mol. The van der Waals surface area contributed by atoms with E-state index >= 15 is 0 Å². The fourth-order valence-electron chi connectivity index (χ4n) is 4.88. The van der Waals surface area contributed by atoms with Crippen molar-refractivity contribution in [2.75, 3.05) is 26.8 Å². The van der Waals surface area contributed by atoms with Gasteiger partial charge >= 0.3 is 0 Å². The van der Waals surface area contributed by atoms with E-state index in [1.807, 2.05) is 19.3 Å². The number of hydrogen-bond acceptors (Lipinski definition) is 5. The maximum Gasteiger partial charge on any atom is 0.123 e. The Hall–Kier alpha value is -2.28. The van der Waals surface area contributed by atoms with Crippen molar-refractivity contribution in [3.05, 3.63) is 59.7 Å². The van der Waals surface area contributed by atoms with E-state index in [2.05, 4.69) is 50.1 Å². The lowest BCUT2D eigenvalue weighted by Crippen LogP contribution is -2.40. The first kappa shape index (κ1) is 21.9. The summed E-state index contributed by atoms with van der Waals surface area (Å²) in [6.45, 7) is 4.75. The van der Waals surface area contributed by atoms with Crippen LogP contribution in [-0.2, 0) is 25.9 Å². The highest BCUT2D eigenvalue weighted by Crippen LogP contribution is 2.23. The van der Waals surface area contributed by atoms with Gasteiger partial charge in [0.25, 0.3) is 0 Å². The Bertz CT molecular complexity index is 941. The van der Waals surface area contributed by atoms with Crippen LogP contribution in [0.3, 0.4) is 0 Å². The molecule has 3 heterocycles. The lowest BCUT2D eigenvalue weighted by molar-refractivity contribution is 0.166. The van der Waals surface area contributed by atoms with Gasteiger partial charge in [-0.3, -0.25) is 9.88 Å². The smallest absolute Gasteiger partial charge is 0.123 e. The second kappa shape index (κ2) is 10.8. The summed E-state index contributed by atoms with van der Waals surface area (Å²) in [5, 5.41) is 3.23. The van der Waals surface area contributed by atoms with E-state index in [1.165, 1.54) is 55.3 Å². The minimum atomic E-state index is 0.663. The Morgan fingerprint density at radius 3 is 2.81 bits per heavy atom. The zero-order valence-electron chi connectivity index (χ0n) is 18.8. The molecule has 1 saturated heterocycles. The normalized spacial score (nSPS) is 19.0. The number of nitrogens with zero attached hydrogens (tertiary/aromatic N) is 4. The molecule has 0 bridgehead atoms. The number of fused-ring (bicyclic) bond motifs is 2. The maximum absolute atomic E-state index is 5.80. The molecule has 0 saturated carbocycles. The first-order chi connectivity index (χ1) is 15.3. The monoisotopic (exact) mass is 420 g/mol. The van der Waals surface area contributed by atoms with Gasteiger partial charge in [-0.05, 0) is 81.8 Å². The van der Waals surface area contributed by atoms with Crippen molar-refractivity contribution in [1.29, 1.82) is 0 Å². The molecule has 2 aromatic heterocycles. The molecule has 1 unspecified atom stereocenters. The predicted molar refractivity (Wildman–Crippen MR) is 127 cm³/mol. The number of nitrogens with one attached hydrogen (secondary N) is 1. The highest BCUT2D eigenvalue weighted by atomic mass is 15.2. The molecule has 0 spiro atoms. The van der Waals surface area contributed by atoms with Crippen LogP contribution in [0.1, 0.15) is 42.8 Å². The van der Waals surface area contributed by atoms with Crippen molar-refractivity contribution in [2.45, 2.75) is 51.6 Å². The highest BCUT2D eigenvalue weighted by molar-refractivity contribution is 5.75. The summed E-state index contributed by atoms with van der Waals surface area (Å²) in [5.74, 6) is 1.79. The molecule has 1 fully saturated rings. The molecule has 166 valence electrons. The molecule has 6 nitrogen and oxygen atoms in total. The number of pyridine rings is 1. The third kappa shape index (κ3) is 5.50. The summed E-state index contributed by atoms with van der Waals surface area (Å²) < 4.78 is 2.39. The van der Waals surface area contributed by atoms with E-state index in [1.54, 1.807) is 0 Å². The topological polar surface area (TPSA) is 72.0 Å². The van der Waals surface area contributed by atoms with Gasteiger partial charge in [0.1, 0.15) is 5.82 Å². The Kier molecular flexibility index (Phi) is 7.67. The van der Waals surface area contributed by atoms with Crippen molar-refractivity contribution >= 4 is 11.0 Å².